The monoisotopic (exact) mass is 828 g/mol. The lowest BCUT2D eigenvalue weighted by Crippen LogP contribution is -2.67. The molecule has 0 aromatic rings. The number of carbonyl (C=O) groups is 1. The molecule has 3 rings (SSSR count). The van der Waals surface area contributed by atoms with Gasteiger partial charge in [0.1, 0.15) is 11.7 Å². The fourth-order valence-corrected chi connectivity index (χ4v) is 6.53. The molecule has 5 unspecified atom stereocenters. The zero-order valence-electron chi connectivity index (χ0n) is 25.7. The standard InChI is InChI=1S/C16H13F15O4.C11H12F6O/c1-5(12(17,18)19)9(32)35-8-3-6(10(33,13(20,21)22)14(23,24)25)2-7(4-8)11(34,15(26,27)28)16(29,30)31;12-10(13,14)9(18,11(15,16)17)5-8-4-6-1-2-7(8)3-6/h6-8,33-34H,1-4H2;1-2,6-8,18H,3-5H2. The van der Waals surface area contributed by atoms with Gasteiger partial charge in [-0.25, -0.2) is 4.79 Å². The van der Waals surface area contributed by atoms with Gasteiger partial charge in [-0.05, 0) is 56.3 Å². The van der Waals surface area contributed by atoms with Crippen LogP contribution in [0.25, 0.3) is 0 Å². The van der Waals surface area contributed by atoms with E-state index in [0.29, 0.717) is 6.42 Å². The van der Waals surface area contributed by atoms with E-state index in [1.165, 1.54) is 0 Å². The maximum absolute atomic E-state index is 13.2. The molecule has 0 saturated heterocycles. The van der Waals surface area contributed by atoms with E-state index >= 15 is 0 Å². The predicted molar refractivity (Wildman–Crippen MR) is 131 cm³/mol. The molecule has 0 spiro atoms. The number of rotatable bonds is 6. The maximum Gasteiger partial charge on any atom is 0.426 e. The first-order chi connectivity index (χ1) is 23.2. The first-order valence-electron chi connectivity index (χ1n) is 14.4. The summed E-state index contributed by atoms with van der Waals surface area (Å²) in [4.78, 5) is 11.5. The second-order valence-electron chi connectivity index (χ2n) is 12.7. The molecule has 3 aliphatic rings. The van der Waals surface area contributed by atoms with Gasteiger partial charge < -0.3 is 20.1 Å². The summed E-state index contributed by atoms with van der Waals surface area (Å²) < 4.78 is 275. The smallest absolute Gasteiger partial charge is 0.426 e. The van der Waals surface area contributed by atoms with Gasteiger partial charge in [0.15, 0.2) is 0 Å². The number of aliphatic hydroxyl groups is 3. The Kier molecular flexibility index (Phi) is 12.4. The van der Waals surface area contributed by atoms with Crippen molar-refractivity contribution in [1.29, 1.82) is 0 Å². The van der Waals surface area contributed by atoms with Crippen molar-refractivity contribution in [3.05, 3.63) is 24.3 Å². The van der Waals surface area contributed by atoms with E-state index in [4.69, 9.17) is 5.11 Å². The van der Waals surface area contributed by atoms with Crippen LogP contribution in [-0.2, 0) is 9.53 Å². The zero-order valence-corrected chi connectivity index (χ0v) is 25.7. The Morgan fingerprint density at radius 1 is 0.566 bits per heavy atom. The van der Waals surface area contributed by atoms with Crippen molar-refractivity contribution in [1.82, 2.24) is 0 Å². The molecule has 5 atom stereocenters. The Bertz CT molecular complexity index is 1260. The van der Waals surface area contributed by atoms with Crippen molar-refractivity contribution >= 4 is 5.97 Å². The van der Waals surface area contributed by atoms with Gasteiger partial charge in [0.25, 0.3) is 16.8 Å². The highest BCUT2D eigenvalue weighted by atomic mass is 19.4. The summed E-state index contributed by atoms with van der Waals surface area (Å²) in [5, 5.41) is 28.0. The second-order valence-corrected chi connectivity index (χ2v) is 12.7. The molecule has 0 amide bonds. The summed E-state index contributed by atoms with van der Waals surface area (Å²) in [6.45, 7) is 2.17. The summed E-state index contributed by atoms with van der Waals surface area (Å²) in [6.07, 6.45) is -50.4. The van der Waals surface area contributed by atoms with Crippen molar-refractivity contribution in [2.75, 3.05) is 0 Å². The third-order valence-corrected chi connectivity index (χ3v) is 9.35. The third kappa shape index (κ3) is 8.93. The number of hydrogen-bond acceptors (Lipinski definition) is 5. The van der Waals surface area contributed by atoms with Gasteiger partial charge in [-0.1, -0.05) is 18.7 Å². The van der Waals surface area contributed by atoms with Gasteiger partial charge in [-0.15, -0.1) is 0 Å². The Morgan fingerprint density at radius 3 is 1.21 bits per heavy atom. The molecule has 5 nitrogen and oxygen atoms in total. The fraction of sp³-hybridized carbons (Fsp3) is 0.815. The molecular formula is C27H25F21O5. The molecule has 26 heteroatoms. The Labute approximate surface area is 282 Å². The molecule has 0 radical (unpaired) electrons. The lowest BCUT2D eigenvalue weighted by molar-refractivity contribution is -0.405. The summed E-state index contributed by atoms with van der Waals surface area (Å²) in [6, 6.07) is 0. The van der Waals surface area contributed by atoms with Crippen molar-refractivity contribution in [3.8, 4) is 0 Å². The number of alkyl halides is 21. The van der Waals surface area contributed by atoms with Crippen LogP contribution in [0.4, 0.5) is 92.2 Å². The molecule has 310 valence electrons. The van der Waals surface area contributed by atoms with Crippen LogP contribution in [0.5, 0.6) is 0 Å². The van der Waals surface area contributed by atoms with E-state index in [0.717, 1.165) is 0 Å². The largest absolute Gasteiger partial charge is 0.459 e. The van der Waals surface area contributed by atoms with Crippen LogP contribution >= 0.6 is 0 Å². The number of esters is 1. The molecule has 0 aliphatic heterocycles. The summed E-state index contributed by atoms with van der Waals surface area (Å²) in [7, 11) is 0. The van der Waals surface area contributed by atoms with Gasteiger partial charge in [-0.2, -0.15) is 92.2 Å². The van der Waals surface area contributed by atoms with Gasteiger partial charge in [-0.3, -0.25) is 0 Å². The van der Waals surface area contributed by atoms with Crippen molar-refractivity contribution in [2.45, 2.75) is 105 Å². The van der Waals surface area contributed by atoms with Gasteiger partial charge in [0.05, 0.1) is 0 Å². The minimum absolute atomic E-state index is 0.0608. The van der Waals surface area contributed by atoms with Crippen molar-refractivity contribution < 1.29 is 117 Å². The summed E-state index contributed by atoms with van der Waals surface area (Å²) in [5.74, 6) is -11.0. The molecule has 0 aromatic carbocycles. The average Bonchev–Trinajstić information content (AvgIpc) is 3.55. The summed E-state index contributed by atoms with van der Waals surface area (Å²) in [5.41, 5.74) is -19.0. The highest BCUT2D eigenvalue weighted by Gasteiger charge is 2.78. The minimum atomic E-state index is -6.78. The third-order valence-electron chi connectivity index (χ3n) is 9.35. The van der Waals surface area contributed by atoms with E-state index < -0.39 is 121 Å². The Morgan fingerprint density at radius 2 is 0.943 bits per heavy atom. The van der Waals surface area contributed by atoms with Gasteiger partial charge in [0, 0.05) is 11.8 Å². The fourth-order valence-electron chi connectivity index (χ4n) is 6.53. The van der Waals surface area contributed by atoms with E-state index in [1.54, 1.807) is 6.08 Å². The van der Waals surface area contributed by atoms with Gasteiger partial charge >= 0.3 is 49.2 Å². The topological polar surface area (TPSA) is 87.0 Å². The molecular weight excluding hydrogens is 803 g/mol. The Balaban J connectivity index is 0.000000448. The molecule has 2 bridgehead atoms. The normalized spacial score (nSPS) is 26.6. The van der Waals surface area contributed by atoms with E-state index in [1.807, 2.05) is 6.08 Å². The van der Waals surface area contributed by atoms with E-state index in [-0.39, 0.29) is 18.3 Å². The highest BCUT2D eigenvalue weighted by Crippen LogP contribution is 2.58. The number of ether oxygens (including phenoxy) is 1. The van der Waals surface area contributed by atoms with Gasteiger partial charge in [0.2, 0.25) is 0 Å². The average molecular weight is 828 g/mol. The maximum atomic E-state index is 13.2. The quantitative estimate of drug-likeness (QED) is 0.108. The summed E-state index contributed by atoms with van der Waals surface area (Å²) >= 11 is 0. The lowest BCUT2D eigenvalue weighted by atomic mass is 9.65. The highest BCUT2D eigenvalue weighted by molar-refractivity contribution is 5.89. The number of hydrogen-bond donors (Lipinski definition) is 3. The number of halogens is 21. The van der Waals surface area contributed by atoms with E-state index in [9.17, 15) is 107 Å². The molecule has 0 aromatic heterocycles. The van der Waals surface area contributed by atoms with Crippen LogP contribution in [0.2, 0.25) is 0 Å². The number of carbonyl (C=O) groups excluding carboxylic acids is 1. The lowest BCUT2D eigenvalue weighted by Gasteiger charge is -2.48. The van der Waals surface area contributed by atoms with Crippen molar-refractivity contribution in [2.24, 2.45) is 29.6 Å². The molecule has 2 fully saturated rings. The van der Waals surface area contributed by atoms with Crippen LogP contribution in [0.3, 0.4) is 0 Å². The molecule has 2 saturated carbocycles. The van der Waals surface area contributed by atoms with Crippen LogP contribution in [0.1, 0.15) is 38.5 Å². The number of fused-ring (bicyclic) bond motifs is 2. The predicted octanol–water partition coefficient (Wildman–Crippen LogP) is 8.59. The molecule has 3 aliphatic carbocycles. The van der Waals surface area contributed by atoms with Crippen LogP contribution in [0.15, 0.2) is 24.3 Å². The van der Waals surface area contributed by atoms with Crippen LogP contribution in [-0.4, -0.2) is 87.4 Å². The molecule has 0 heterocycles. The van der Waals surface area contributed by atoms with Crippen molar-refractivity contribution in [3.63, 3.8) is 0 Å². The first kappa shape index (κ1) is 46.5. The second kappa shape index (κ2) is 14.1. The van der Waals surface area contributed by atoms with Crippen LogP contribution in [0, 0.1) is 29.6 Å². The molecule has 3 N–H and O–H groups in total. The minimum Gasteiger partial charge on any atom is -0.459 e. The SMILES string of the molecule is C=C(C(=O)OC1CC(C(O)(C(F)(F)F)C(F)(F)F)CC(C(O)(C(F)(F)F)C(F)(F)F)C1)C(F)(F)F.OC(CC1CC2C=CC1C2)(C(F)(F)F)C(F)(F)F. The molecule has 53 heavy (non-hydrogen) atoms. The first-order valence-corrected chi connectivity index (χ1v) is 14.4. The number of allylic oxidation sites excluding steroid dienone is 2. The van der Waals surface area contributed by atoms with Crippen LogP contribution < -0.4 is 0 Å². The van der Waals surface area contributed by atoms with E-state index in [2.05, 4.69) is 11.3 Å². The zero-order chi connectivity index (χ0) is 42.0. The Hall–Kier alpha value is -2.64.